The fourth-order valence-corrected chi connectivity index (χ4v) is 9.92. The minimum Gasteiger partial charge on any atom is -0.311 e. The van der Waals surface area contributed by atoms with E-state index in [1.165, 1.54) is 0 Å². The van der Waals surface area contributed by atoms with Crippen LogP contribution in [0, 0.1) is 0 Å². The van der Waals surface area contributed by atoms with Crippen molar-refractivity contribution >= 4 is 107 Å². The van der Waals surface area contributed by atoms with E-state index < -0.39 is 334 Å². The van der Waals surface area contributed by atoms with Crippen molar-refractivity contribution < 1.29 is 46.6 Å². The van der Waals surface area contributed by atoms with Gasteiger partial charge >= 0.3 is 0 Å². The first kappa shape index (κ1) is 22.3. The molecule has 4 heterocycles. The second kappa shape index (κ2) is 16.1. The number of anilines is 9. The van der Waals surface area contributed by atoms with E-state index in [0.717, 1.165) is 14.4 Å². The van der Waals surface area contributed by atoms with Crippen LogP contribution in [0.5, 0.6) is 0 Å². The molecule has 0 unspecified atom stereocenters. The number of hydrogen-bond acceptors (Lipinski definition) is 3. The van der Waals surface area contributed by atoms with Crippen LogP contribution < -0.4 is 31.1 Å². The highest BCUT2D eigenvalue weighted by Gasteiger charge is 2.47. The third-order valence-corrected chi connectivity index (χ3v) is 13.6. The Kier molecular flexibility index (Phi) is 4.79. The summed E-state index contributed by atoms with van der Waals surface area (Å²) in [6.45, 7) is 12.0. The van der Waals surface area contributed by atoms with E-state index in [1.54, 1.807) is 62.3 Å². The number of benzene rings is 10. The third kappa shape index (κ3) is 6.90. The minimum absolute atomic E-state index is 0.184. The molecule has 75 heavy (non-hydrogen) atoms. The maximum absolute atomic E-state index is 11.2. The van der Waals surface area contributed by atoms with Crippen LogP contribution in [0.15, 0.2) is 205 Å². The first-order valence-corrected chi connectivity index (χ1v) is 24.0. The van der Waals surface area contributed by atoms with Crippen molar-refractivity contribution in [1.29, 1.82) is 0 Å². The lowest BCUT2D eigenvalue weighted by atomic mass is 9.33. The molecule has 0 fully saturated rings. The molecule has 14 rings (SSSR count). The molecule has 11 aromatic rings. The van der Waals surface area contributed by atoms with Crippen molar-refractivity contribution in [1.82, 2.24) is 4.57 Å². The summed E-state index contributed by atoms with van der Waals surface area (Å²) in [6, 6.07) is -31.5. The molecule has 1 aromatic heterocycles. The number of rotatable bonds is 5. The summed E-state index contributed by atoms with van der Waals surface area (Å²) in [5.74, 6) is 0. The zero-order chi connectivity index (χ0) is 80.9. The summed E-state index contributed by atoms with van der Waals surface area (Å²) in [5, 5.41) is -2.13. The molecule has 5 heteroatoms. The van der Waals surface area contributed by atoms with Crippen LogP contribution in [0.3, 0.4) is 0 Å². The summed E-state index contributed by atoms with van der Waals surface area (Å²) in [4.78, 5) is 2.46. The molecule has 0 aliphatic carbocycles. The van der Waals surface area contributed by atoms with Gasteiger partial charge in [-0.15, -0.1) is 0 Å². The summed E-state index contributed by atoms with van der Waals surface area (Å²) >= 11 is 0. The second-order valence-electron chi connectivity index (χ2n) is 21.6. The highest BCUT2D eigenvalue weighted by molar-refractivity contribution is 7.00. The molecular formula is C70H61BN4. The molecule has 3 aliphatic rings. The molecule has 0 N–H and O–H groups in total. The zero-order valence-corrected chi connectivity index (χ0v) is 41.9. The van der Waals surface area contributed by atoms with Gasteiger partial charge in [0.05, 0.1) is 74.7 Å². The van der Waals surface area contributed by atoms with E-state index in [4.69, 9.17) is 11.0 Å². The molecule has 0 bridgehead atoms. The lowest BCUT2D eigenvalue weighted by molar-refractivity contribution is 0.590. The van der Waals surface area contributed by atoms with Crippen LogP contribution in [0.25, 0.3) is 49.4 Å². The molecule has 3 aliphatic heterocycles. The zero-order valence-electron chi connectivity index (χ0n) is 75.9. The number of aromatic nitrogens is 1. The molecule has 0 saturated carbocycles. The largest absolute Gasteiger partial charge is 0.311 e. The Labute approximate surface area is 490 Å². The topological polar surface area (TPSA) is 14.7 Å². The molecule has 364 valence electrons. The van der Waals surface area contributed by atoms with Crippen molar-refractivity contribution in [3.05, 3.63) is 222 Å². The summed E-state index contributed by atoms with van der Waals surface area (Å²) in [7, 11) is 0. The molecule has 0 atom stereocenters. The maximum Gasteiger partial charge on any atom is 0.252 e. The number of para-hydroxylation sites is 3. The Hall–Kier alpha value is -8.28. The summed E-state index contributed by atoms with van der Waals surface area (Å²) < 4.78 is 333. The van der Waals surface area contributed by atoms with Crippen LogP contribution in [0.2, 0.25) is 0 Å². The van der Waals surface area contributed by atoms with Gasteiger partial charge in [0.2, 0.25) is 0 Å². The van der Waals surface area contributed by atoms with Crippen LogP contribution in [-0.2, 0) is 16.2 Å². The van der Waals surface area contributed by atoms with Crippen LogP contribution in [0.4, 0.5) is 51.2 Å². The Morgan fingerprint density at radius 1 is 0.413 bits per heavy atom. The number of nitrogens with zero attached hydrogens (tertiary/aromatic N) is 4. The van der Waals surface area contributed by atoms with Gasteiger partial charge in [0, 0.05) is 50.6 Å². The van der Waals surface area contributed by atoms with Crippen LogP contribution in [0.1, 0.15) is 126 Å². The number of hydrogen-bond donors (Lipinski definition) is 0. The molecular weight excluding hydrogens is 908 g/mol. The third-order valence-electron chi connectivity index (χ3n) is 13.6. The average molecular weight is 1000 g/mol. The Morgan fingerprint density at radius 2 is 0.973 bits per heavy atom. The first-order valence-electron chi connectivity index (χ1n) is 41.0. The van der Waals surface area contributed by atoms with Crippen molar-refractivity contribution in [2.24, 2.45) is 0 Å². The predicted octanol–water partition coefficient (Wildman–Crippen LogP) is 17.4. The Bertz CT molecular complexity index is 6030. The quantitative estimate of drug-likeness (QED) is 0.160. The predicted molar refractivity (Wildman–Crippen MR) is 322 cm³/mol. The van der Waals surface area contributed by atoms with E-state index in [0.29, 0.717) is 4.90 Å². The SMILES string of the molecule is [2H]c1c([2H])c2c3c(c1[2H])-n1c4c([2H])c([2H])c([2H])c([2H])c4c4c([2H])c([2H])c([2H])c(c41)N3c1c([2H])c(C(C)(C)C)c([2H])c3c1B2c1c([2H])c([2H])c(N(c2c([2H])c([2H])c(C(C)(C)C)c([2H])c2[2H])c2c([2H])c([2H])c(C(C)(C)C)c([2H])c2[2H])c([2H])c1N3c1c([2H])c([2H])c(-c2c([2H])c([2H])c([2H])c3c([2H])c([2H])c([2H])c([2H])c23)c([2H])c1[2H]. The van der Waals surface area contributed by atoms with Gasteiger partial charge in [-0.2, -0.15) is 0 Å². The second-order valence-corrected chi connectivity index (χ2v) is 21.6. The van der Waals surface area contributed by atoms with E-state index in [2.05, 4.69) is 0 Å². The van der Waals surface area contributed by atoms with E-state index >= 15 is 0 Å². The normalized spacial score (nSPS) is 19.9. The van der Waals surface area contributed by atoms with Gasteiger partial charge in [0.25, 0.3) is 6.71 Å². The monoisotopic (exact) mass is 1000 g/mol. The fourth-order valence-electron chi connectivity index (χ4n) is 9.92. The average Bonchev–Trinajstić information content (AvgIpc) is 1.65. The van der Waals surface area contributed by atoms with Crippen molar-refractivity contribution in [2.45, 2.75) is 78.6 Å². The minimum atomic E-state index is -2.13. The lowest BCUT2D eigenvalue weighted by Crippen LogP contribution is -2.62. The molecule has 10 aromatic carbocycles. The van der Waals surface area contributed by atoms with Crippen LogP contribution in [-0.4, -0.2) is 11.3 Å². The number of fused-ring (bicyclic) bond motifs is 10. The maximum atomic E-state index is 11.2. The van der Waals surface area contributed by atoms with Gasteiger partial charge in [-0.1, -0.05) is 189 Å². The van der Waals surface area contributed by atoms with Gasteiger partial charge in [0.15, 0.2) is 0 Å². The van der Waals surface area contributed by atoms with Gasteiger partial charge in [-0.05, 0) is 150 Å². The molecule has 0 amide bonds. The highest BCUT2D eigenvalue weighted by Crippen LogP contribution is 2.53. The van der Waals surface area contributed by atoms with Crippen molar-refractivity contribution in [3.63, 3.8) is 0 Å². The fraction of sp³-hybridized carbons (Fsp3) is 0.171. The first-order chi connectivity index (χ1) is 50.3. The van der Waals surface area contributed by atoms with Gasteiger partial charge in [-0.25, -0.2) is 0 Å². The molecule has 4 nitrogen and oxygen atoms in total. The van der Waals surface area contributed by atoms with Crippen molar-refractivity contribution in [3.8, 4) is 16.8 Å². The smallest absolute Gasteiger partial charge is 0.252 e. The van der Waals surface area contributed by atoms with Crippen LogP contribution >= 0.6 is 0 Å². The summed E-state index contributed by atoms with van der Waals surface area (Å²) in [5.41, 5.74) is -16.4. The standard InChI is InChI=1S/C70H61BN4/c1-68(2,3)46-29-35-49(36-30-46)72(50-37-31-47(32-38-50)69(4,5)6)52-39-40-57-62(43-52)73(51-33-27-45(28-34-51)54-21-14-18-44-17-10-11-19-53(44)54)63-41-48(70(7,8)9)42-64-65(63)71(57)58-23-16-26-61-67(58)75(64)60-25-15-22-56-55-20-12-13-24-59(55)74(61)66(56)60/h10-43H,1-9H3/i10D,11D,12D,13D,14D,15D,16D,17D,18D,19D,20D,21D,22D,23D,24D,25D,26D,27D,28D,29D,30D,31D,32D,33D,34D,35D,36D,37D,38D,39D,40D,41D,42D,43D. The Balaban J connectivity index is 1.27. The van der Waals surface area contributed by atoms with E-state index in [-0.39, 0.29) is 27.6 Å². The van der Waals surface area contributed by atoms with E-state index in [1.807, 2.05) is 0 Å². The summed E-state index contributed by atoms with van der Waals surface area (Å²) in [6.07, 6.45) is 0. The van der Waals surface area contributed by atoms with Crippen molar-refractivity contribution in [2.75, 3.05) is 14.7 Å². The Morgan fingerprint density at radius 3 is 1.65 bits per heavy atom. The van der Waals surface area contributed by atoms with Gasteiger partial charge in [-0.3, -0.25) is 0 Å². The van der Waals surface area contributed by atoms with Gasteiger partial charge in [0.1, 0.15) is 0 Å². The van der Waals surface area contributed by atoms with Gasteiger partial charge < -0.3 is 19.3 Å². The molecule has 0 saturated heterocycles. The lowest BCUT2D eigenvalue weighted by Gasteiger charge is -2.47. The van der Waals surface area contributed by atoms with E-state index in [9.17, 15) is 35.6 Å². The molecule has 0 radical (unpaired) electrons. The highest BCUT2D eigenvalue weighted by atomic mass is 15.2. The molecule has 0 spiro atoms.